The zero-order valence-corrected chi connectivity index (χ0v) is 23.0. The summed E-state index contributed by atoms with van der Waals surface area (Å²) in [5, 5.41) is 3.08. The first kappa shape index (κ1) is 29.1. The van der Waals surface area contributed by atoms with Crippen molar-refractivity contribution in [3.05, 3.63) is 30.3 Å². The van der Waals surface area contributed by atoms with Crippen molar-refractivity contribution in [1.82, 2.24) is 15.1 Å². The van der Waals surface area contributed by atoms with E-state index in [0.29, 0.717) is 6.16 Å². The summed E-state index contributed by atoms with van der Waals surface area (Å²) in [7, 11) is -0.0470. The number of nitrogens with zero attached hydrogens (tertiary/aromatic N) is 2. The first-order chi connectivity index (χ1) is 16.1. The minimum Gasteiger partial charge on any atom is -0.444 e. The smallest absolute Gasteiger partial charge is 0.407 e. The van der Waals surface area contributed by atoms with Gasteiger partial charge in [0, 0.05) is 63.6 Å². The van der Waals surface area contributed by atoms with Crippen LogP contribution in [0.25, 0.3) is 0 Å². The number of nitrogens with one attached hydrogen (secondary N) is 1. The SMILES string of the molecule is COP(=O)(CCCN1CCN(CCC(CSc2ccccc2)NC(=O)OC(C)(C)C)CC1)OC. The van der Waals surface area contributed by atoms with Crippen LogP contribution < -0.4 is 5.32 Å². The van der Waals surface area contributed by atoms with Gasteiger partial charge in [0.1, 0.15) is 5.60 Å². The van der Waals surface area contributed by atoms with Gasteiger partial charge in [0.25, 0.3) is 0 Å². The van der Waals surface area contributed by atoms with E-state index < -0.39 is 13.2 Å². The van der Waals surface area contributed by atoms with Gasteiger partial charge < -0.3 is 28.9 Å². The maximum absolute atomic E-state index is 12.4. The molecule has 1 aromatic rings. The van der Waals surface area contributed by atoms with Gasteiger partial charge in [0.2, 0.25) is 0 Å². The number of ether oxygens (including phenoxy) is 1. The quantitative estimate of drug-likeness (QED) is 0.303. The minimum atomic E-state index is -2.92. The van der Waals surface area contributed by atoms with E-state index in [2.05, 4.69) is 27.2 Å². The molecule has 1 fully saturated rings. The molecule has 0 aromatic heterocycles. The van der Waals surface area contributed by atoms with Crippen LogP contribution in [0.5, 0.6) is 0 Å². The molecule has 34 heavy (non-hydrogen) atoms. The summed E-state index contributed by atoms with van der Waals surface area (Å²) in [5.41, 5.74) is -0.516. The Morgan fingerprint density at radius 1 is 1.06 bits per heavy atom. The van der Waals surface area contributed by atoms with Gasteiger partial charge in [0.15, 0.2) is 0 Å². The van der Waals surface area contributed by atoms with Gasteiger partial charge in [-0.2, -0.15) is 0 Å². The number of piperazine rings is 1. The fourth-order valence-corrected chi connectivity index (χ4v) is 5.74. The van der Waals surface area contributed by atoms with Crippen molar-refractivity contribution in [2.24, 2.45) is 0 Å². The van der Waals surface area contributed by atoms with Crippen LogP contribution in [0.1, 0.15) is 33.6 Å². The van der Waals surface area contributed by atoms with Gasteiger partial charge in [-0.05, 0) is 52.3 Å². The molecule has 1 aliphatic rings. The number of amides is 1. The molecule has 194 valence electrons. The molecule has 1 atom stereocenters. The lowest BCUT2D eigenvalue weighted by molar-refractivity contribution is 0.0502. The van der Waals surface area contributed by atoms with Crippen molar-refractivity contribution in [3.8, 4) is 0 Å². The molecule has 1 saturated heterocycles. The van der Waals surface area contributed by atoms with Gasteiger partial charge >= 0.3 is 13.7 Å². The molecule has 1 heterocycles. The average Bonchev–Trinajstić information content (AvgIpc) is 2.81. The third-order valence-electron chi connectivity index (χ3n) is 5.64. The molecule has 0 bridgehead atoms. The van der Waals surface area contributed by atoms with Crippen LogP contribution in [0.3, 0.4) is 0 Å². The molecule has 1 unspecified atom stereocenters. The van der Waals surface area contributed by atoms with Crippen molar-refractivity contribution in [3.63, 3.8) is 0 Å². The highest BCUT2D eigenvalue weighted by Gasteiger charge is 2.24. The lowest BCUT2D eigenvalue weighted by Crippen LogP contribution is -2.48. The van der Waals surface area contributed by atoms with Crippen LogP contribution in [-0.4, -0.2) is 92.9 Å². The maximum atomic E-state index is 12.4. The monoisotopic (exact) mass is 515 g/mol. The second-order valence-electron chi connectivity index (χ2n) is 9.49. The van der Waals surface area contributed by atoms with E-state index in [1.807, 2.05) is 39.0 Å². The third kappa shape index (κ3) is 11.6. The van der Waals surface area contributed by atoms with Crippen molar-refractivity contribution in [1.29, 1.82) is 0 Å². The minimum absolute atomic E-state index is 0.0234. The fourth-order valence-electron chi connectivity index (χ4n) is 3.70. The predicted octanol–water partition coefficient (Wildman–Crippen LogP) is 4.56. The molecular formula is C24H42N3O5PS. The van der Waals surface area contributed by atoms with Gasteiger partial charge in [-0.25, -0.2) is 4.79 Å². The van der Waals surface area contributed by atoms with E-state index in [9.17, 15) is 9.36 Å². The summed E-state index contributed by atoms with van der Waals surface area (Å²) in [6.45, 7) is 11.4. The summed E-state index contributed by atoms with van der Waals surface area (Å²) in [5.74, 6) is 0.794. The number of carbonyl (C=O) groups is 1. The molecule has 1 aromatic carbocycles. The summed E-state index contributed by atoms with van der Waals surface area (Å²) < 4.78 is 27.7. The molecule has 0 aliphatic carbocycles. The molecule has 1 aliphatic heterocycles. The molecule has 0 spiro atoms. The highest BCUT2D eigenvalue weighted by molar-refractivity contribution is 7.99. The Morgan fingerprint density at radius 2 is 1.65 bits per heavy atom. The highest BCUT2D eigenvalue weighted by Crippen LogP contribution is 2.46. The number of benzene rings is 1. The Bertz CT molecular complexity index is 762. The first-order valence-electron chi connectivity index (χ1n) is 11.9. The van der Waals surface area contributed by atoms with Gasteiger partial charge in [0.05, 0.1) is 6.16 Å². The van der Waals surface area contributed by atoms with Crippen LogP contribution in [0.15, 0.2) is 35.2 Å². The molecule has 1 amide bonds. The van der Waals surface area contributed by atoms with E-state index >= 15 is 0 Å². The molecule has 10 heteroatoms. The standard InChI is InChI=1S/C24H42N3O5PS/c1-24(2,3)32-23(28)25-21(20-34-22-10-7-6-8-11-22)12-14-27-17-15-26(16-18-27)13-9-19-33(29,30-4)31-5/h6-8,10-11,21H,9,12-20H2,1-5H3,(H,25,28). The van der Waals surface area contributed by atoms with Crippen LogP contribution in [0, 0.1) is 0 Å². The molecule has 8 nitrogen and oxygen atoms in total. The Hall–Kier alpha value is -1.09. The molecule has 0 radical (unpaired) electrons. The van der Waals surface area contributed by atoms with Gasteiger partial charge in [-0.3, -0.25) is 4.57 Å². The van der Waals surface area contributed by atoms with Crippen LogP contribution in [-0.2, 0) is 18.3 Å². The predicted molar refractivity (Wildman–Crippen MR) is 139 cm³/mol. The van der Waals surface area contributed by atoms with E-state index in [-0.39, 0.29) is 12.1 Å². The van der Waals surface area contributed by atoms with E-state index in [1.54, 1.807) is 11.8 Å². The largest absolute Gasteiger partial charge is 0.444 e. The van der Waals surface area contributed by atoms with Crippen molar-refractivity contribution >= 4 is 25.5 Å². The van der Waals surface area contributed by atoms with E-state index in [1.165, 1.54) is 19.1 Å². The summed E-state index contributed by atoms with van der Waals surface area (Å²) in [6.07, 6.45) is 1.74. The first-order valence-corrected chi connectivity index (χ1v) is 14.7. The molecular weight excluding hydrogens is 473 g/mol. The zero-order chi connectivity index (χ0) is 25.0. The zero-order valence-electron chi connectivity index (χ0n) is 21.3. The number of rotatable bonds is 13. The van der Waals surface area contributed by atoms with Crippen molar-refractivity contribution in [2.75, 3.05) is 65.4 Å². The second kappa shape index (κ2) is 14.5. The van der Waals surface area contributed by atoms with Crippen LogP contribution in [0.2, 0.25) is 0 Å². The summed E-state index contributed by atoms with van der Waals surface area (Å²) >= 11 is 1.75. The molecule has 0 saturated carbocycles. The number of thioether (sulfide) groups is 1. The van der Waals surface area contributed by atoms with Crippen LogP contribution in [0.4, 0.5) is 4.79 Å². The fraction of sp³-hybridized carbons (Fsp3) is 0.708. The Balaban J connectivity index is 1.77. The Labute approximate surface area is 209 Å². The summed E-state index contributed by atoms with van der Waals surface area (Å²) in [4.78, 5) is 18.4. The maximum Gasteiger partial charge on any atom is 0.407 e. The second-order valence-corrected chi connectivity index (χ2v) is 13.0. The Morgan fingerprint density at radius 3 is 2.21 bits per heavy atom. The number of hydrogen-bond donors (Lipinski definition) is 1. The van der Waals surface area contributed by atoms with Gasteiger partial charge in [-0.1, -0.05) is 18.2 Å². The lowest BCUT2D eigenvalue weighted by atomic mass is 10.2. The van der Waals surface area contributed by atoms with Crippen molar-refractivity contribution < 1.29 is 23.1 Å². The molecule has 1 N–H and O–H groups in total. The average molecular weight is 516 g/mol. The third-order valence-corrected chi connectivity index (χ3v) is 8.79. The summed E-state index contributed by atoms with van der Waals surface area (Å²) in [6, 6.07) is 10.3. The van der Waals surface area contributed by atoms with E-state index in [4.69, 9.17) is 13.8 Å². The number of alkyl carbamates (subject to hydrolysis) is 1. The lowest BCUT2D eigenvalue weighted by Gasteiger charge is -2.35. The number of carbonyl (C=O) groups excluding carboxylic acids is 1. The normalized spacial score (nSPS) is 16.9. The highest BCUT2D eigenvalue weighted by atomic mass is 32.2. The van der Waals surface area contributed by atoms with Crippen molar-refractivity contribution in [2.45, 2.75) is 50.2 Å². The number of hydrogen-bond acceptors (Lipinski definition) is 8. The topological polar surface area (TPSA) is 80.3 Å². The van der Waals surface area contributed by atoms with Gasteiger partial charge in [-0.15, -0.1) is 11.8 Å². The Kier molecular flexibility index (Phi) is 12.4. The van der Waals surface area contributed by atoms with Crippen LogP contribution >= 0.6 is 19.4 Å². The molecule has 2 rings (SSSR count). The van der Waals surface area contributed by atoms with E-state index in [0.717, 1.165) is 57.9 Å².